The van der Waals surface area contributed by atoms with Gasteiger partial charge in [0.15, 0.2) is 11.7 Å². The summed E-state index contributed by atoms with van der Waals surface area (Å²) in [5.74, 6) is -0.752. The van der Waals surface area contributed by atoms with Crippen molar-refractivity contribution in [1.29, 1.82) is 5.41 Å². The Balaban J connectivity index is 1.95. The van der Waals surface area contributed by atoms with E-state index >= 15 is 0 Å². The molecule has 2 aromatic heterocycles. The molecule has 2 unspecified atom stereocenters. The zero-order valence-electron chi connectivity index (χ0n) is 14.6. The molecule has 1 fully saturated rings. The number of nitrogens with zero attached hydrogens (tertiary/aromatic N) is 5. The second kappa shape index (κ2) is 7.20. The molecule has 11 heteroatoms. The number of nitrogens with one attached hydrogen (secondary N) is 1. The number of fused-ring (bicyclic) bond motifs is 1. The van der Waals surface area contributed by atoms with E-state index in [1.54, 1.807) is 0 Å². The van der Waals surface area contributed by atoms with Crippen LogP contribution in [0.5, 0.6) is 0 Å². The molecule has 0 amide bonds. The van der Waals surface area contributed by atoms with Crippen molar-refractivity contribution in [2.24, 2.45) is 5.73 Å². The lowest BCUT2D eigenvalue weighted by Gasteiger charge is -2.14. The van der Waals surface area contributed by atoms with Crippen molar-refractivity contribution >= 4 is 23.0 Å². The Hall–Kier alpha value is -2.82. The molecule has 26 heavy (non-hydrogen) atoms. The Morgan fingerprint density at radius 1 is 1.46 bits per heavy atom. The summed E-state index contributed by atoms with van der Waals surface area (Å²) in [6, 6.07) is 0. The Kier molecular flexibility index (Phi) is 4.98. The maximum atomic E-state index is 12.9. The maximum absolute atomic E-state index is 12.9. The van der Waals surface area contributed by atoms with Crippen LogP contribution in [-0.4, -0.2) is 49.4 Å². The molecule has 140 valence electrons. The van der Waals surface area contributed by atoms with Crippen LogP contribution in [0.1, 0.15) is 45.0 Å². The van der Waals surface area contributed by atoms with E-state index in [1.165, 1.54) is 6.92 Å². The third-order valence-corrected chi connectivity index (χ3v) is 4.13. The number of rotatable bonds is 5. The van der Waals surface area contributed by atoms with Gasteiger partial charge in [0.25, 0.3) is 5.56 Å². The van der Waals surface area contributed by atoms with Gasteiger partial charge in [0.05, 0.1) is 11.8 Å². The van der Waals surface area contributed by atoms with Crippen molar-refractivity contribution in [1.82, 2.24) is 24.8 Å². The van der Waals surface area contributed by atoms with Crippen LogP contribution >= 0.6 is 0 Å². The zero-order chi connectivity index (χ0) is 18.8. The highest BCUT2D eigenvalue weighted by molar-refractivity contribution is 5.89. The number of hydrogen-bond acceptors (Lipinski definition) is 8. The summed E-state index contributed by atoms with van der Waals surface area (Å²) < 4.78 is 12.9. The van der Waals surface area contributed by atoms with Crippen LogP contribution in [0.4, 0.5) is 0 Å². The highest BCUT2D eigenvalue weighted by atomic mass is 16.6. The van der Waals surface area contributed by atoms with E-state index in [2.05, 4.69) is 15.4 Å². The first-order valence-corrected chi connectivity index (χ1v) is 8.42. The van der Waals surface area contributed by atoms with Crippen LogP contribution < -0.4 is 11.3 Å². The summed E-state index contributed by atoms with van der Waals surface area (Å²) in [5.41, 5.74) is 6.12. The first kappa shape index (κ1) is 18.0. The van der Waals surface area contributed by atoms with E-state index in [1.807, 2.05) is 6.92 Å². The number of carbonyl (C=O) groups excluding carboxylic acids is 1. The molecule has 1 aliphatic rings. The fourth-order valence-electron chi connectivity index (χ4n) is 2.96. The topological polar surface area (TPSA) is 151 Å². The lowest BCUT2D eigenvalue weighted by Crippen LogP contribution is -2.32. The molecule has 3 rings (SSSR count). The monoisotopic (exact) mass is 363 g/mol. The number of esters is 1. The predicted octanol–water partition coefficient (Wildman–Crippen LogP) is -0.0772. The van der Waals surface area contributed by atoms with E-state index in [-0.39, 0.29) is 30.2 Å². The summed E-state index contributed by atoms with van der Waals surface area (Å²) in [4.78, 5) is 23.8. The van der Waals surface area contributed by atoms with Gasteiger partial charge in [-0.25, -0.2) is 0 Å². The first-order valence-electron chi connectivity index (χ1n) is 8.42. The molecular weight excluding hydrogens is 342 g/mol. The van der Waals surface area contributed by atoms with Gasteiger partial charge in [-0.3, -0.25) is 15.0 Å². The molecule has 1 aliphatic heterocycles. The Labute approximate surface area is 148 Å². The third kappa shape index (κ3) is 3.29. The smallest absolute Gasteiger partial charge is 0.302 e. The molecule has 1 saturated heterocycles. The summed E-state index contributed by atoms with van der Waals surface area (Å²) in [6.07, 6.45) is 1.63. The quantitative estimate of drug-likeness (QED) is 0.425. The lowest BCUT2D eigenvalue weighted by molar-refractivity contribution is -0.145. The minimum absolute atomic E-state index is 0.114. The maximum Gasteiger partial charge on any atom is 0.302 e. The molecule has 0 aliphatic carbocycles. The van der Waals surface area contributed by atoms with Gasteiger partial charge >= 0.3 is 5.97 Å². The van der Waals surface area contributed by atoms with Gasteiger partial charge in [-0.2, -0.15) is 14.5 Å². The molecule has 2 aromatic rings. The van der Waals surface area contributed by atoms with Crippen LogP contribution in [-0.2, 0) is 20.7 Å². The SMILES string of the molecule is CCCc1nn(C(=N)N)c2c(=O)n(C3CCC(COC(C)=O)O3)nnc12. The van der Waals surface area contributed by atoms with Crippen molar-refractivity contribution in [2.75, 3.05) is 6.61 Å². The Morgan fingerprint density at radius 2 is 2.23 bits per heavy atom. The number of aryl methyl sites for hydroxylation is 1. The summed E-state index contributed by atoms with van der Waals surface area (Å²) in [6.45, 7) is 3.43. The first-order chi connectivity index (χ1) is 12.4. The van der Waals surface area contributed by atoms with Crippen molar-refractivity contribution in [2.45, 2.75) is 51.9 Å². The predicted molar refractivity (Wildman–Crippen MR) is 90.7 cm³/mol. The van der Waals surface area contributed by atoms with Crippen molar-refractivity contribution < 1.29 is 14.3 Å². The molecular formula is C15H21N7O4. The number of hydrogen-bond donors (Lipinski definition) is 2. The molecule has 0 radical (unpaired) electrons. The number of ether oxygens (including phenoxy) is 2. The number of carbonyl (C=O) groups is 1. The number of nitrogen functional groups attached to an aromatic ring is 1. The molecule has 0 saturated carbocycles. The Bertz CT molecular complexity index is 903. The average Bonchev–Trinajstić information content (AvgIpc) is 3.19. The second-order valence-electron chi connectivity index (χ2n) is 6.12. The minimum Gasteiger partial charge on any atom is -0.463 e. The van der Waals surface area contributed by atoms with E-state index < -0.39 is 11.8 Å². The van der Waals surface area contributed by atoms with E-state index in [9.17, 15) is 9.59 Å². The van der Waals surface area contributed by atoms with Crippen molar-refractivity contribution in [3.05, 3.63) is 16.0 Å². The van der Waals surface area contributed by atoms with Gasteiger partial charge in [-0.1, -0.05) is 18.6 Å². The highest BCUT2D eigenvalue weighted by Crippen LogP contribution is 2.27. The van der Waals surface area contributed by atoms with Crippen LogP contribution in [0.25, 0.3) is 11.0 Å². The van der Waals surface area contributed by atoms with Gasteiger partial charge in [-0.15, -0.1) is 5.10 Å². The van der Waals surface area contributed by atoms with Gasteiger partial charge in [0.2, 0.25) is 5.96 Å². The summed E-state index contributed by atoms with van der Waals surface area (Å²) >= 11 is 0. The fraction of sp³-hybridized carbons (Fsp3) is 0.600. The number of nitrogens with two attached hydrogens (primary N) is 1. The Morgan fingerprint density at radius 3 is 2.88 bits per heavy atom. The van der Waals surface area contributed by atoms with Crippen LogP contribution in [0.3, 0.4) is 0 Å². The van der Waals surface area contributed by atoms with E-state index in [0.717, 1.165) is 15.8 Å². The summed E-state index contributed by atoms with van der Waals surface area (Å²) in [7, 11) is 0. The molecule has 2 atom stereocenters. The van der Waals surface area contributed by atoms with Crippen LogP contribution in [0.15, 0.2) is 4.79 Å². The lowest BCUT2D eigenvalue weighted by atomic mass is 10.2. The standard InChI is InChI=1S/C15H21N7O4/c1-3-4-10-12-13(22(19-10)15(16)17)14(24)21(20-18-12)11-6-5-9(26-11)7-25-8(2)23/h9,11H,3-7H2,1-2H3,(H3,16,17). The van der Waals surface area contributed by atoms with E-state index in [0.29, 0.717) is 30.5 Å². The molecule has 11 nitrogen and oxygen atoms in total. The van der Waals surface area contributed by atoms with E-state index in [4.69, 9.17) is 20.6 Å². The zero-order valence-corrected chi connectivity index (χ0v) is 14.6. The highest BCUT2D eigenvalue weighted by Gasteiger charge is 2.30. The van der Waals surface area contributed by atoms with Gasteiger partial charge in [0, 0.05) is 6.92 Å². The second-order valence-corrected chi connectivity index (χ2v) is 6.12. The van der Waals surface area contributed by atoms with Gasteiger partial charge < -0.3 is 15.2 Å². The fourth-order valence-corrected chi connectivity index (χ4v) is 2.96. The third-order valence-electron chi connectivity index (χ3n) is 4.13. The normalized spacial score (nSPS) is 19.8. The van der Waals surface area contributed by atoms with Crippen molar-refractivity contribution in [3.63, 3.8) is 0 Å². The largest absolute Gasteiger partial charge is 0.463 e. The molecule has 3 heterocycles. The number of aromatic nitrogens is 5. The molecule has 0 spiro atoms. The average molecular weight is 363 g/mol. The van der Waals surface area contributed by atoms with Crippen LogP contribution in [0.2, 0.25) is 0 Å². The minimum atomic E-state index is -0.620. The van der Waals surface area contributed by atoms with Crippen molar-refractivity contribution in [3.8, 4) is 0 Å². The molecule has 0 bridgehead atoms. The molecule has 0 aromatic carbocycles. The molecule has 3 N–H and O–H groups in total. The van der Waals surface area contributed by atoms with Gasteiger partial charge in [-0.05, 0) is 19.3 Å². The summed E-state index contributed by atoms with van der Waals surface area (Å²) in [5, 5.41) is 20.0. The van der Waals surface area contributed by atoms with Gasteiger partial charge in [0.1, 0.15) is 12.1 Å². The van der Waals surface area contributed by atoms with Crippen LogP contribution in [0, 0.1) is 5.41 Å².